The maximum atomic E-state index is 12.3. The summed E-state index contributed by atoms with van der Waals surface area (Å²) in [6.07, 6.45) is 1.97. The van der Waals surface area contributed by atoms with Gasteiger partial charge in [-0.2, -0.15) is 0 Å². The first kappa shape index (κ1) is 20.2. The van der Waals surface area contributed by atoms with Crippen LogP contribution in [0.1, 0.15) is 39.2 Å². The zero-order chi connectivity index (χ0) is 19.2. The highest BCUT2D eigenvalue weighted by atomic mass is 16.6. The number of nitrogens with one attached hydrogen (secondary N) is 1. The van der Waals surface area contributed by atoms with Gasteiger partial charge in [0.25, 0.3) is 0 Å². The van der Waals surface area contributed by atoms with E-state index in [4.69, 9.17) is 9.47 Å². The van der Waals surface area contributed by atoms with Crippen molar-refractivity contribution < 1.29 is 19.1 Å². The molecule has 1 aromatic carbocycles. The van der Waals surface area contributed by atoms with E-state index in [1.807, 2.05) is 51.1 Å². The molecule has 1 amide bonds. The largest absolute Gasteiger partial charge is 0.468 e. The van der Waals surface area contributed by atoms with E-state index in [1.54, 1.807) is 0 Å². The van der Waals surface area contributed by atoms with Gasteiger partial charge < -0.3 is 14.8 Å². The second-order valence-electron chi connectivity index (χ2n) is 7.71. The van der Waals surface area contributed by atoms with Crippen LogP contribution in [-0.4, -0.2) is 54.8 Å². The molecule has 0 aliphatic carbocycles. The number of alkyl carbamates (subject to hydrolysis) is 1. The van der Waals surface area contributed by atoms with Crippen molar-refractivity contribution in [1.82, 2.24) is 10.2 Å². The molecule has 0 radical (unpaired) electrons. The van der Waals surface area contributed by atoms with E-state index in [1.165, 1.54) is 7.11 Å². The SMILES string of the molecule is COC(=O)[C@@H]1CCCN1C[C@@H](Cc1ccccc1)NC(=O)OC(C)(C)C. The van der Waals surface area contributed by atoms with Gasteiger partial charge in [0, 0.05) is 12.6 Å². The Morgan fingerprint density at radius 3 is 2.58 bits per heavy atom. The van der Waals surface area contributed by atoms with E-state index in [2.05, 4.69) is 10.2 Å². The average molecular weight is 362 g/mol. The second-order valence-corrected chi connectivity index (χ2v) is 7.71. The summed E-state index contributed by atoms with van der Waals surface area (Å²) in [5.74, 6) is -0.210. The van der Waals surface area contributed by atoms with Crippen LogP contribution in [0.2, 0.25) is 0 Å². The van der Waals surface area contributed by atoms with Gasteiger partial charge in [0.1, 0.15) is 11.6 Å². The second kappa shape index (κ2) is 9.03. The molecule has 0 unspecified atom stereocenters. The third-order valence-corrected chi connectivity index (χ3v) is 4.34. The third-order valence-electron chi connectivity index (χ3n) is 4.34. The van der Waals surface area contributed by atoms with Crippen LogP contribution in [0.5, 0.6) is 0 Å². The van der Waals surface area contributed by atoms with Gasteiger partial charge in [-0.15, -0.1) is 0 Å². The van der Waals surface area contributed by atoms with E-state index in [-0.39, 0.29) is 18.1 Å². The fraction of sp³-hybridized carbons (Fsp3) is 0.600. The van der Waals surface area contributed by atoms with Crippen molar-refractivity contribution in [3.8, 4) is 0 Å². The number of rotatable bonds is 6. The minimum absolute atomic E-state index is 0.155. The van der Waals surface area contributed by atoms with E-state index >= 15 is 0 Å². The number of carbonyl (C=O) groups excluding carboxylic acids is 2. The van der Waals surface area contributed by atoms with Crippen molar-refractivity contribution in [2.75, 3.05) is 20.2 Å². The first-order chi connectivity index (χ1) is 12.3. The summed E-state index contributed by atoms with van der Waals surface area (Å²) in [5.41, 5.74) is 0.575. The molecule has 1 N–H and O–H groups in total. The maximum absolute atomic E-state index is 12.3. The topological polar surface area (TPSA) is 67.9 Å². The molecule has 1 fully saturated rings. The number of ether oxygens (including phenoxy) is 2. The molecule has 1 aliphatic heterocycles. The molecule has 6 heteroatoms. The van der Waals surface area contributed by atoms with Crippen LogP contribution >= 0.6 is 0 Å². The minimum atomic E-state index is -0.552. The highest BCUT2D eigenvalue weighted by Gasteiger charge is 2.33. The Morgan fingerprint density at radius 2 is 1.96 bits per heavy atom. The quantitative estimate of drug-likeness (QED) is 0.788. The molecule has 0 bridgehead atoms. The number of likely N-dealkylation sites (tertiary alicyclic amines) is 1. The van der Waals surface area contributed by atoms with Gasteiger partial charge >= 0.3 is 12.1 Å². The van der Waals surface area contributed by atoms with Crippen LogP contribution in [0.3, 0.4) is 0 Å². The maximum Gasteiger partial charge on any atom is 0.407 e. The number of amides is 1. The number of nitrogens with zero attached hydrogens (tertiary/aromatic N) is 1. The molecule has 0 spiro atoms. The van der Waals surface area contributed by atoms with Gasteiger partial charge in [0.15, 0.2) is 0 Å². The van der Waals surface area contributed by atoms with Gasteiger partial charge in [-0.3, -0.25) is 9.69 Å². The number of methoxy groups -OCH3 is 1. The molecule has 6 nitrogen and oxygen atoms in total. The number of hydrogen-bond donors (Lipinski definition) is 1. The third kappa shape index (κ3) is 6.33. The van der Waals surface area contributed by atoms with E-state index in [0.29, 0.717) is 13.0 Å². The predicted octanol–water partition coefficient (Wildman–Crippen LogP) is 2.76. The number of benzene rings is 1. The van der Waals surface area contributed by atoms with Gasteiger partial charge in [-0.1, -0.05) is 30.3 Å². The molecule has 2 atom stereocenters. The Bertz CT molecular complexity index is 598. The molecule has 1 heterocycles. The highest BCUT2D eigenvalue weighted by Crippen LogP contribution is 2.19. The summed E-state index contributed by atoms with van der Waals surface area (Å²) in [6, 6.07) is 9.60. The van der Waals surface area contributed by atoms with Crippen molar-refractivity contribution in [3.63, 3.8) is 0 Å². The molecule has 26 heavy (non-hydrogen) atoms. The summed E-state index contributed by atoms with van der Waals surface area (Å²) < 4.78 is 10.3. The summed E-state index contributed by atoms with van der Waals surface area (Å²) in [7, 11) is 1.42. The number of carbonyl (C=O) groups is 2. The smallest absolute Gasteiger partial charge is 0.407 e. The summed E-state index contributed by atoms with van der Waals surface area (Å²) >= 11 is 0. The normalized spacial score (nSPS) is 19.0. The Labute approximate surface area is 155 Å². The fourth-order valence-corrected chi connectivity index (χ4v) is 3.26. The molecular weight excluding hydrogens is 332 g/mol. The predicted molar refractivity (Wildman–Crippen MR) is 99.9 cm³/mol. The van der Waals surface area contributed by atoms with Crippen molar-refractivity contribution in [1.29, 1.82) is 0 Å². The standard InChI is InChI=1S/C20H30N2O4/c1-20(2,3)26-19(24)21-16(13-15-9-6-5-7-10-15)14-22-12-8-11-17(22)18(23)25-4/h5-7,9-10,16-17H,8,11-14H2,1-4H3,(H,21,24)/t16-,17+/m1/s1. The molecule has 144 valence electrons. The van der Waals surface area contributed by atoms with Crippen LogP contribution in [0, 0.1) is 0 Å². The van der Waals surface area contributed by atoms with Gasteiger partial charge in [0.05, 0.1) is 7.11 Å². The Hall–Kier alpha value is -2.08. The first-order valence-electron chi connectivity index (χ1n) is 9.14. The number of esters is 1. The minimum Gasteiger partial charge on any atom is -0.468 e. The van der Waals surface area contributed by atoms with E-state index < -0.39 is 11.7 Å². The first-order valence-corrected chi connectivity index (χ1v) is 9.14. The van der Waals surface area contributed by atoms with Crippen LogP contribution < -0.4 is 5.32 Å². The van der Waals surface area contributed by atoms with Crippen LogP contribution in [0.25, 0.3) is 0 Å². The zero-order valence-electron chi connectivity index (χ0n) is 16.2. The lowest BCUT2D eigenvalue weighted by molar-refractivity contribution is -0.145. The zero-order valence-corrected chi connectivity index (χ0v) is 16.2. The van der Waals surface area contributed by atoms with Gasteiger partial charge in [-0.25, -0.2) is 4.79 Å². The average Bonchev–Trinajstić information content (AvgIpc) is 3.01. The van der Waals surface area contributed by atoms with E-state index in [9.17, 15) is 9.59 Å². The molecule has 0 saturated carbocycles. The summed E-state index contributed by atoms with van der Waals surface area (Å²) in [6.45, 7) is 6.92. The van der Waals surface area contributed by atoms with Gasteiger partial charge in [-0.05, 0) is 52.1 Å². The summed E-state index contributed by atoms with van der Waals surface area (Å²) in [4.78, 5) is 26.4. The molecule has 0 aromatic heterocycles. The molecule has 1 aromatic rings. The van der Waals surface area contributed by atoms with Crippen LogP contribution in [-0.2, 0) is 20.7 Å². The lowest BCUT2D eigenvalue weighted by atomic mass is 10.1. The number of hydrogen-bond acceptors (Lipinski definition) is 5. The van der Waals surface area contributed by atoms with Crippen LogP contribution in [0.15, 0.2) is 30.3 Å². The Morgan fingerprint density at radius 1 is 1.27 bits per heavy atom. The lowest BCUT2D eigenvalue weighted by Crippen LogP contribution is -2.49. The van der Waals surface area contributed by atoms with E-state index in [0.717, 1.165) is 24.9 Å². The van der Waals surface area contributed by atoms with Crippen molar-refractivity contribution in [2.24, 2.45) is 0 Å². The molecule has 2 rings (SSSR count). The lowest BCUT2D eigenvalue weighted by Gasteiger charge is -2.29. The Balaban J connectivity index is 2.07. The Kier molecular flexibility index (Phi) is 7.03. The molecule has 1 saturated heterocycles. The fourth-order valence-electron chi connectivity index (χ4n) is 3.26. The molecule has 1 aliphatic rings. The van der Waals surface area contributed by atoms with Crippen molar-refractivity contribution in [3.05, 3.63) is 35.9 Å². The van der Waals surface area contributed by atoms with Crippen LogP contribution in [0.4, 0.5) is 4.79 Å². The highest BCUT2D eigenvalue weighted by molar-refractivity contribution is 5.76. The monoisotopic (exact) mass is 362 g/mol. The van der Waals surface area contributed by atoms with Crippen molar-refractivity contribution in [2.45, 2.75) is 57.7 Å². The summed E-state index contributed by atoms with van der Waals surface area (Å²) in [5, 5.41) is 2.97. The van der Waals surface area contributed by atoms with Crippen molar-refractivity contribution >= 4 is 12.1 Å². The molecular formula is C20H30N2O4. The van der Waals surface area contributed by atoms with Gasteiger partial charge in [0.2, 0.25) is 0 Å².